The van der Waals surface area contributed by atoms with E-state index in [2.05, 4.69) is 20.2 Å². The highest BCUT2D eigenvalue weighted by Gasteiger charge is 2.25. The molecular weight excluding hydrogens is 264 g/mol. The molecule has 0 aromatic carbocycles. The SMILES string of the molecule is Cc1cc(C)nc(NCC(c2ccco2)N2CCCC2)n1. The number of aromatic nitrogens is 2. The number of aryl methyl sites for hydroxylation is 2. The molecule has 0 aliphatic carbocycles. The monoisotopic (exact) mass is 286 g/mol. The van der Waals surface area contributed by atoms with Crippen LogP contribution in [0, 0.1) is 13.8 Å². The zero-order valence-electron chi connectivity index (χ0n) is 12.7. The van der Waals surface area contributed by atoms with Gasteiger partial charge >= 0.3 is 0 Å². The third-order valence-corrected chi connectivity index (χ3v) is 3.89. The second kappa shape index (κ2) is 6.26. The third-order valence-electron chi connectivity index (χ3n) is 3.89. The van der Waals surface area contributed by atoms with Gasteiger partial charge in [-0.05, 0) is 58.0 Å². The molecule has 1 unspecified atom stereocenters. The van der Waals surface area contributed by atoms with E-state index >= 15 is 0 Å². The van der Waals surface area contributed by atoms with Crippen LogP contribution in [-0.4, -0.2) is 34.5 Å². The van der Waals surface area contributed by atoms with Crippen LogP contribution in [0.4, 0.5) is 5.95 Å². The predicted molar refractivity (Wildman–Crippen MR) is 82.3 cm³/mol. The summed E-state index contributed by atoms with van der Waals surface area (Å²) >= 11 is 0. The van der Waals surface area contributed by atoms with E-state index in [9.17, 15) is 0 Å². The van der Waals surface area contributed by atoms with Gasteiger partial charge in [0.15, 0.2) is 0 Å². The van der Waals surface area contributed by atoms with Crippen LogP contribution >= 0.6 is 0 Å². The number of likely N-dealkylation sites (tertiary alicyclic amines) is 1. The second-order valence-electron chi connectivity index (χ2n) is 5.63. The van der Waals surface area contributed by atoms with Crippen molar-refractivity contribution in [3.8, 4) is 0 Å². The number of hydrogen-bond donors (Lipinski definition) is 1. The summed E-state index contributed by atoms with van der Waals surface area (Å²) in [7, 11) is 0. The molecule has 0 saturated carbocycles. The van der Waals surface area contributed by atoms with Crippen LogP contribution in [0.25, 0.3) is 0 Å². The summed E-state index contributed by atoms with van der Waals surface area (Å²) in [6.07, 6.45) is 4.26. The summed E-state index contributed by atoms with van der Waals surface area (Å²) in [5, 5.41) is 3.37. The molecule has 5 nitrogen and oxygen atoms in total. The maximum Gasteiger partial charge on any atom is 0.223 e. The molecule has 0 bridgehead atoms. The van der Waals surface area contributed by atoms with Gasteiger partial charge in [-0.15, -0.1) is 0 Å². The molecule has 1 N–H and O–H groups in total. The van der Waals surface area contributed by atoms with Crippen LogP contribution in [0.1, 0.15) is 36.0 Å². The highest BCUT2D eigenvalue weighted by Crippen LogP contribution is 2.25. The maximum absolute atomic E-state index is 5.62. The van der Waals surface area contributed by atoms with Crippen molar-refractivity contribution in [3.05, 3.63) is 41.6 Å². The van der Waals surface area contributed by atoms with Crippen molar-refractivity contribution in [2.24, 2.45) is 0 Å². The number of furan rings is 1. The van der Waals surface area contributed by atoms with Gasteiger partial charge in [0, 0.05) is 17.9 Å². The molecule has 1 aliphatic rings. The molecule has 2 aromatic rings. The zero-order valence-corrected chi connectivity index (χ0v) is 12.7. The fraction of sp³-hybridized carbons (Fsp3) is 0.500. The van der Waals surface area contributed by atoms with Crippen LogP contribution in [0.2, 0.25) is 0 Å². The van der Waals surface area contributed by atoms with E-state index in [0.717, 1.165) is 36.8 Å². The van der Waals surface area contributed by atoms with E-state index < -0.39 is 0 Å². The summed E-state index contributed by atoms with van der Waals surface area (Å²) < 4.78 is 5.62. The smallest absolute Gasteiger partial charge is 0.223 e. The van der Waals surface area contributed by atoms with Gasteiger partial charge in [0.05, 0.1) is 12.3 Å². The summed E-state index contributed by atoms with van der Waals surface area (Å²) in [5.74, 6) is 1.71. The molecule has 0 amide bonds. The van der Waals surface area contributed by atoms with Gasteiger partial charge in [0.1, 0.15) is 5.76 Å². The number of hydrogen-bond acceptors (Lipinski definition) is 5. The summed E-state index contributed by atoms with van der Waals surface area (Å²) in [5.41, 5.74) is 1.97. The Labute approximate surface area is 125 Å². The molecule has 5 heteroatoms. The molecule has 1 saturated heterocycles. The Morgan fingerprint density at radius 2 is 1.95 bits per heavy atom. The van der Waals surface area contributed by atoms with E-state index in [1.165, 1.54) is 12.8 Å². The Bertz CT molecular complexity index is 556. The predicted octanol–water partition coefficient (Wildman–Crippen LogP) is 2.94. The van der Waals surface area contributed by atoms with Crippen molar-refractivity contribution < 1.29 is 4.42 Å². The van der Waals surface area contributed by atoms with E-state index in [1.807, 2.05) is 32.0 Å². The fourth-order valence-corrected chi connectivity index (χ4v) is 2.94. The van der Waals surface area contributed by atoms with Crippen molar-refractivity contribution in [1.29, 1.82) is 0 Å². The van der Waals surface area contributed by atoms with Crippen molar-refractivity contribution in [3.63, 3.8) is 0 Å². The minimum Gasteiger partial charge on any atom is -0.468 e. The Balaban J connectivity index is 1.72. The normalized spacial score (nSPS) is 17.0. The molecular formula is C16H22N4O. The largest absolute Gasteiger partial charge is 0.468 e. The van der Waals surface area contributed by atoms with E-state index in [0.29, 0.717) is 5.95 Å². The van der Waals surface area contributed by atoms with Crippen molar-refractivity contribution >= 4 is 5.95 Å². The lowest BCUT2D eigenvalue weighted by Gasteiger charge is -2.26. The molecule has 3 heterocycles. The van der Waals surface area contributed by atoms with Gasteiger partial charge in [0.2, 0.25) is 5.95 Å². The van der Waals surface area contributed by atoms with Crippen molar-refractivity contribution in [1.82, 2.24) is 14.9 Å². The van der Waals surface area contributed by atoms with Crippen LogP contribution in [-0.2, 0) is 0 Å². The first-order valence-corrected chi connectivity index (χ1v) is 7.56. The Morgan fingerprint density at radius 3 is 2.57 bits per heavy atom. The lowest BCUT2D eigenvalue weighted by Crippen LogP contribution is -2.31. The van der Waals surface area contributed by atoms with Gasteiger partial charge in [-0.2, -0.15) is 0 Å². The fourth-order valence-electron chi connectivity index (χ4n) is 2.94. The first-order chi connectivity index (χ1) is 10.2. The van der Waals surface area contributed by atoms with E-state index in [-0.39, 0.29) is 6.04 Å². The maximum atomic E-state index is 5.62. The molecule has 2 aromatic heterocycles. The van der Waals surface area contributed by atoms with Gasteiger partial charge in [-0.3, -0.25) is 4.90 Å². The summed E-state index contributed by atoms with van der Waals surface area (Å²) in [6, 6.07) is 6.22. The van der Waals surface area contributed by atoms with Gasteiger partial charge in [-0.25, -0.2) is 9.97 Å². The van der Waals surface area contributed by atoms with Crippen LogP contribution in [0.3, 0.4) is 0 Å². The number of rotatable bonds is 5. The molecule has 3 rings (SSSR count). The second-order valence-corrected chi connectivity index (χ2v) is 5.63. The molecule has 1 fully saturated rings. The molecule has 21 heavy (non-hydrogen) atoms. The standard InChI is InChI=1S/C16H22N4O/c1-12-10-13(2)19-16(18-12)17-11-14(15-6-5-9-21-15)20-7-3-4-8-20/h5-6,9-10,14H,3-4,7-8,11H2,1-2H3,(H,17,18,19). The minimum atomic E-state index is 0.243. The van der Waals surface area contributed by atoms with E-state index in [1.54, 1.807) is 6.26 Å². The van der Waals surface area contributed by atoms with Gasteiger partial charge in [-0.1, -0.05) is 0 Å². The first kappa shape index (κ1) is 14.1. The average Bonchev–Trinajstić information content (AvgIpc) is 3.10. The lowest BCUT2D eigenvalue weighted by atomic mass is 10.2. The van der Waals surface area contributed by atoms with Crippen molar-refractivity contribution in [2.75, 3.05) is 25.0 Å². The Kier molecular flexibility index (Phi) is 4.20. The zero-order chi connectivity index (χ0) is 14.7. The lowest BCUT2D eigenvalue weighted by molar-refractivity contribution is 0.225. The molecule has 1 atom stereocenters. The average molecular weight is 286 g/mol. The number of nitrogens with one attached hydrogen (secondary N) is 1. The summed E-state index contributed by atoms with van der Waals surface area (Å²) in [4.78, 5) is 11.4. The number of anilines is 1. The third kappa shape index (κ3) is 3.42. The van der Waals surface area contributed by atoms with E-state index in [4.69, 9.17) is 4.42 Å². The minimum absolute atomic E-state index is 0.243. The Morgan fingerprint density at radius 1 is 1.24 bits per heavy atom. The van der Waals surface area contributed by atoms with Crippen LogP contribution in [0.15, 0.2) is 28.9 Å². The molecule has 1 aliphatic heterocycles. The van der Waals surface area contributed by atoms with Crippen LogP contribution < -0.4 is 5.32 Å². The quantitative estimate of drug-likeness (QED) is 0.916. The molecule has 0 radical (unpaired) electrons. The van der Waals surface area contributed by atoms with Gasteiger partial charge in [0.25, 0.3) is 0 Å². The highest BCUT2D eigenvalue weighted by atomic mass is 16.3. The molecule has 0 spiro atoms. The van der Waals surface area contributed by atoms with Crippen molar-refractivity contribution in [2.45, 2.75) is 32.7 Å². The highest BCUT2D eigenvalue weighted by molar-refractivity contribution is 5.28. The Hall–Kier alpha value is -1.88. The summed E-state index contributed by atoms with van der Waals surface area (Å²) in [6.45, 7) is 6.99. The molecule has 112 valence electrons. The topological polar surface area (TPSA) is 54.2 Å². The first-order valence-electron chi connectivity index (χ1n) is 7.56. The number of nitrogens with zero attached hydrogens (tertiary/aromatic N) is 3. The van der Waals surface area contributed by atoms with Crippen LogP contribution in [0.5, 0.6) is 0 Å². The van der Waals surface area contributed by atoms with Gasteiger partial charge < -0.3 is 9.73 Å².